The summed E-state index contributed by atoms with van der Waals surface area (Å²) >= 11 is 0.889. The Labute approximate surface area is 142 Å². The van der Waals surface area contributed by atoms with Crippen molar-refractivity contribution in [3.8, 4) is 0 Å². The Morgan fingerprint density at radius 2 is 1.71 bits per heavy atom. The van der Waals surface area contributed by atoms with Crippen LogP contribution >= 0.6 is 11.8 Å². The minimum atomic E-state index is -1.01. The molecule has 0 unspecified atom stereocenters. The number of carbonyl (C=O) groups excluding carboxylic acids is 2. The Kier molecular flexibility index (Phi) is 4.48. The van der Waals surface area contributed by atoms with Crippen LogP contribution in [0.2, 0.25) is 0 Å². The van der Waals surface area contributed by atoms with Gasteiger partial charge in [-0.1, -0.05) is 42.5 Å². The van der Waals surface area contributed by atoms with Gasteiger partial charge in [-0.2, -0.15) is 0 Å². The molecule has 1 N–H and O–H groups in total. The van der Waals surface area contributed by atoms with Gasteiger partial charge in [-0.05, 0) is 41.1 Å². The third-order valence-corrected chi connectivity index (χ3v) is 4.42. The maximum absolute atomic E-state index is 12.4. The fraction of sp³-hybridized carbons (Fsp3) is 0.0556. The molecule has 0 aromatic heterocycles. The molecule has 2 aromatic rings. The highest BCUT2D eigenvalue weighted by Gasteiger charge is 2.34. The lowest BCUT2D eigenvalue weighted by atomic mass is 10.1. The van der Waals surface area contributed by atoms with Crippen molar-refractivity contribution in [2.45, 2.75) is 6.54 Å². The number of carboxylic acid groups (broad SMARTS) is 1. The summed E-state index contributed by atoms with van der Waals surface area (Å²) in [6.07, 6.45) is 1.60. The van der Waals surface area contributed by atoms with Crippen LogP contribution in [0, 0.1) is 0 Å². The van der Waals surface area contributed by atoms with Gasteiger partial charge in [-0.15, -0.1) is 0 Å². The number of hydrogen-bond acceptors (Lipinski definition) is 4. The molecule has 1 saturated heterocycles. The molecular formula is C18H13NO4S. The van der Waals surface area contributed by atoms with Crippen molar-refractivity contribution >= 4 is 35.0 Å². The van der Waals surface area contributed by atoms with Crippen LogP contribution in [0.15, 0.2) is 59.5 Å². The summed E-state index contributed by atoms with van der Waals surface area (Å²) in [7, 11) is 0. The number of carboxylic acids is 1. The number of carbonyl (C=O) groups is 3. The second-order valence-electron chi connectivity index (χ2n) is 5.18. The van der Waals surface area contributed by atoms with E-state index in [1.165, 1.54) is 17.0 Å². The zero-order valence-electron chi connectivity index (χ0n) is 12.5. The first kappa shape index (κ1) is 16.0. The summed E-state index contributed by atoms with van der Waals surface area (Å²) < 4.78 is 0. The third kappa shape index (κ3) is 3.38. The quantitative estimate of drug-likeness (QED) is 0.861. The van der Waals surface area contributed by atoms with E-state index >= 15 is 0 Å². The standard InChI is InChI=1S/C18H13NO4S/c20-16-15(10-12-6-8-14(9-7-12)17(21)22)24-18(23)19(16)11-13-4-2-1-3-5-13/h1-10H,11H2,(H,21,22). The maximum atomic E-state index is 12.4. The molecule has 1 heterocycles. The maximum Gasteiger partial charge on any atom is 0.335 e. The Hall–Kier alpha value is -2.86. The number of imide groups is 1. The van der Waals surface area contributed by atoms with E-state index in [2.05, 4.69) is 0 Å². The number of hydrogen-bond donors (Lipinski definition) is 1. The van der Waals surface area contributed by atoms with E-state index < -0.39 is 5.97 Å². The van der Waals surface area contributed by atoms with Crippen LogP contribution in [0.5, 0.6) is 0 Å². The van der Waals surface area contributed by atoms with Gasteiger partial charge in [0.1, 0.15) is 0 Å². The summed E-state index contributed by atoms with van der Waals surface area (Å²) in [5.74, 6) is -1.35. The van der Waals surface area contributed by atoms with Crippen LogP contribution in [-0.2, 0) is 11.3 Å². The highest BCUT2D eigenvalue weighted by molar-refractivity contribution is 8.18. The van der Waals surface area contributed by atoms with Crippen molar-refractivity contribution in [2.24, 2.45) is 0 Å². The van der Waals surface area contributed by atoms with Gasteiger partial charge in [0.25, 0.3) is 11.1 Å². The van der Waals surface area contributed by atoms with Crippen LogP contribution in [0.1, 0.15) is 21.5 Å². The van der Waals surface area contributed by atoms with Crippen molar-refractivity contribution in [3.05, 3.63) is 76.2 Å². The molecule has 1 aliphatic heterocycles. The number of rotatable bonds is 4. The molecule has 0 spiro atoms. The van der Waals surface area contributed by atoms with E-state index in [4.69, 9.17) is 5.11 Å². The molecule has 1 aliphatic rings. The first-order chi connectivity index (χ1) is 11.5. The molecule has 24 heavy (non-hydrogen) atoms. The molecule has 1 fully saturated rings. The predicted octanol–water partition coefficient (Wildman–Crippen LogP) is 3.62. The molecule has 0 saturated carbocycles. The molecule has 3 rings (SSSR count). The van der Waals surface area contributed by atoms with Crippen LogP contribution in [0.4, 0.5) is 4.79 Å². The van der Waals surface area contributed by atoms with E-state index in [1.807, 2.05) is 30.3 Å². The van der Waals surface area contributed by atoms with Gasteiger partial charge in [0.2, 0.25) is 0 Å². The lowest BCUT2D eigenvalue weighted by molar-refractivity contribution is -0.123. The fourth-order valence-electron chi connectivity index (χ4n) is 2.28. The topological polar surface area (TPSA) is 74.7 Å². The smallest absolute Gasteiger partial charge is 0.335 e. The van der Waals surface area contributed by atoms with Gasteiger partial charge in [0, 0.05) is 0 Å². The van der Waals surface area contributed by atoms with Gasteiger partial charge >= 0.3 is 5.97 Å². The van der Waals surface area contributed by atoms with Gasteiger partial charge in [-0.3, -0.25) is 14.5 Å². The summed E-state index contributed by atoms with van der Waals surface area (Å²) in [5.41, 5.74) is 1.72. The van der Waals surface area contributed by atoms with Crippen LogP contribution in [0.3, 0.4) is 0 Å². The van der Waals surface area contributed by atoms with E-state index in [-0.39, 0.29) is 23.3 Å². The lowest BCUT2D eigenvalue weighted by Gasteiger charge is -2.12. The number of thioether (sulfide) groups is 1. The van der Waals surface area contributed by atoms with E-state index in [1.54, 1.807) is 18.2 Å². The van der Waals surface area contributed by atoms with Crippen molar-refractivity contribution in [2.75, 3.05) is 0 Å². The van der Waals surface area contributed by atoms with Crippen molar-refractivity contribution < 1.29 is 19.5 Å². The van der Waals surface area contributed by atoms with Gasteiger partial charge in [0.15, 0.2) is 0 Å². The summed E-state index contributed by atoms with van der Waals surface area (Å²) in [6, 6.07) is 15.4. The number of nitrogens with zero attached hydrogens (tertiary/aromatic N) is 1. The Morgan fingerprint density at radius 1 is 1.04 bits per heavy atom. The van der Waals surface area contributed by atoms with Crippen molar-refractivity contribution in [3.63, 3.8) is 0 Å². The van der Waals surface area contributed by atoms with Gasteiger partial charge in [-0.25, -0.2) is 4.79 Å². The van der Waals surface area contributed by atoms with E-state index in [0.717, 1.165) is 17.3 Å². The molecule has 2 amide bonds. The summed E-state index contributed by atoms with van der Waals surface area (Å²) in [5, 5.41) is 8.58. The minimum Gasteiger partial charge on any atom is -0.478 e. The number of benzene rings is 2. The average Bonchev–Trinajstić information content (AvgIpc) is 2.84. The molecule has 0 bridgehead atoms. The van der Waals surface area contributed by atoms with E-state index in [9.17, 15) is 14.4 Å². The minimum absolute atomic E-state index is 0.171. The number of amides is 2. The molecule has 2 aromatic carbocycles. The van der Waals surface area contributed by atoms with Crippen molar-refractivity contribution in [1.29, 1.82) is 0 Å². The average molecular weight is 339 g/mol. The molecule has 0 radical (unpaired) electrons. The second-order valence-corrected chi connectivity index (χ2v) is 6.17. The molecule has 0 atom stereocenters. The van der Waals surface area contributed by atoms with Crippen molar-refractivity contribution in [1.82, 2.24) is 4.90 Å². The normalized spacial score (nSPS) is 16.0. The number of aromatic carboxylic acids is 1. The Bertz CT molecular complexity index is 828. The summed E-state index contributed by atoms with van der Waals surface area (Å²) in [4.78, 5) is 36.9. The highest BCUT2D eigenvalue weighted by Crippen LogP contribution is 2.33. The zero-order chi connectivity index (χ0) is 17.1. The van der Waals surface area contributed by atoms with E-state index in [0.29, 0.717) is 10.5 Å². The fourth-order valence-corrected chi connectivity index (χ4v) is 3.11. The van der Waals surface area contributed by atoms with Gasteiger partial charge < -0.3 is 5.11 Å². The first-order valence-electron chi connectivity index (χ1n) is 7.17. The molecule has 120 valence electrons. The SMILES string of the molecule is O=C(O)c1ccc(C=C2SC(=O)N(Cc3ccccc3)C2=O)cc1. The molecule has 6 heteroatoms. The molecular weight excluding hydrogens is 326 g/mol. The monoisotopic (exact) mass is 339 g/mol. The zero-order valence-corrected chi connectivity index (χ0v) is 13.3. The Morgan fingerprint density at radius 3 is 2.33 bits per heavy atom. The molecule has 5 nitrogen and oxygen atoms in total. The highest BCUT2D eigenvalue weighted by atomic mass is 32.2. The lowest BCUT2D eigenvalue weighted by Crippen LogP contribution is -2.27. The Balaban J connectivity index is 1.79. The largest absolute Gasteiger partial charge is 0.478 e. The summed E-state index contributed by atoms with van der Waals surface area (Å²) in [6.45, 7) is 0.237. The first-order valence-corrected chi connectivity index (χ1v) is 7.99. The third-order valence-electron chi connectivity index (χ3n) is 3.51. The van der Waals surface area contributed by atoms with Crippen LogP contribution in [-0.4, -0.2) is 27.1 Å². The second kappa shape index (κ2) is 6.72. The van der Waals surface area contributed by atoms with Crippen LogP contribution in [0.25, 0.3) is 6.08 Å². The molecule has 0 aliphatic carbocycles. The van der Waals surface area contributed by atoms with Crippen LogP contribution < -0.4 is 0 Å². The predicted molar refractivity (Wildman–Crippen MR) is 91.4 cm³/mol. The van der Waals surface area contributed by atoms with Gasteiger partial charge in [0.05, 0.1) is 17.0 Å².